The molecule has 0 heterocycles. The van der Waals surface area contributed by atoms with Gasteiger partial charge in [0.05, 0.1) is 6.04 Å². The molecule has 0 amide bonds. The SMILES string of the molecule is O=C=NC(c1ccc(Cl)cc1)C1CCCC1. The normalized spacial score (nSPS) is 18.1. The van der Waals surface area contributed by atoms with E-state index in [-0.39, 0.29) is 6.04 Å². The van der Waals surface area contributed by atoms with Crippen molar-refractivity contribution in [2.45, 2.75) is 31.7 Å². The van der Waals surface area contributed by atoms with Crippen LogP contribution in [0.25, 0.3) is 0 Å². The Morgan fingerprint density at radius 1 is 1.25 bits per heavy atom. The highest BCUT2D eigenvalue weighted by molar-refractivity contribution is 6.30. The van der Waals surface area contributed by atoms with Crippen LogP contribution in [0.4, 0.5) is 0 Å². The van der Waals surface area contributed by atoms with Crippen molar-refractivity contribution in [2.24, 2.45) is 10.9 Å². The predicted molar refractivity (Wildman–Crippen MR) is 64.3 cm³/mol. The Kier molecular flexibility index (Phi) is 3.76. The van der Waals surface area contributed by atoms with Gasteiger partial charge in [0.25, 0.3) is 0 Å². The highest BCUT2D eigenvalue weighted by Gasteiger charge is 2.25. The van der Waals surface area contributed by atoms with Crippen molar-refractivity contribution in [2.75, 3.05) is 0 Å². The Hall–Kier alpha value is -1.11. The molecule has 1 aromatic rings. The number of aliphatic imine (C=N–C) groups is 1. The third-order valence-electron chi connectivity index (χ3n) is 3.25. The van der Waals surface area contributed by atoms with Gasteiger partial charge >= 0.3 is 0 Å². The largest absolute Gasteiger partial charge is 0.235 e. The van der Waals surface area contributed by atoms with Crippen molar-refractivity contribution < 1.29 is 4.79 Å². The summed E-state index contributed by atoms with van der Waals surface area (Å²) in [6.07, 6.45) is 6.48. The van der Waals surface area contributed by atoms with E-state index in [1.54, 1.807) is 6.08 Å². The summed E-state index contributed by atoms with van der Waals surface area (Å²) in [5.41, 5.74) is 1.07. The Bertz CT molecular complexity index is 389. The third kappa shape index (κ3) is 2.52. The van der Waals surface area contributed by atoms with Crippen LogP contribution in [-0.2, 0) is 4.79 Å². The van der Waals surface area contributed by atoms with Gasteiger partial charge in [0.2, 0.25) is 6.08 Å². The van der Waals surface area contributed by atoms with Gasteiger partial charge in [-0.05, 0) is 36.5 Å². The predicted octanol–water partition coefficient (Wildman–Crippen LogP) is 3.91. The smallest absolute Gasteiger partial charge is 0.211 e. The van der Waals surface area contributed by atoms with Crippen molar-refractivity contribution in [3.05, 3.63) is 34.9 Å². The van der Waals surface area contributed by atoms with Gasteiger partial charge < -0.3 is 0 Å². The summed E-state index contributed by atoms with van der Waals surface area (Å²) < 4.78 is 0. The van der Waals surface area contributed by atoms with E-state index >= 15 is 0 Å². The van der Waals surface area contributed by atoms with Gasteiger partial charge in [0.1, 0.15) is 0 Å². The number of rotatable bonds is 3. The topological polar surface area (TPSA) is 29.4 Å². The molecule has 0 saturated heterocycles. The molecule has 1 aliphatic carbocycles. The molecule has 2 rings (SSSR count). The fourth-order valence-electron chi connectivity index (χ4n) is 2.44. The van der Waals surface area contributed by atoms with Crippen LogP contribution in [-0.4, -0.2) is 6.08 Å². The molecule has 1 fully saturated rings. The molecule has 1 aliphatic rings. The lowest BCUT2D eigenvalue weighted by Crippen LogP contribution is -2.07. The second kappa shape index (κ2) is 5.29. The zero-order valence-corrected chi connectivity index (χ0v) is 9.78. The second-order valence-corrected chi connectivity index (χ2v) is 4.70. The first-order valence-corrected chi connectivity index (χ1v) is 6.01. The van der Waals surface area contributed by atoms with E-state index in [0.717, 1.165) is 18.4 Å². The molecule has 84 valence electrons. The summed E-state index contributed by atoms with van der Waals surface area (Å²) in [7, 11) is 0. The summed E-state index contributed by atoms with van der Waals surface area (Å²) in [5.74, 6) is 0.489. The fourth-order valence-corrected chi connectivity index (χ4v) is 2.57. The number of isocyanates is 1. The highest BCUT2D eigenvalue weighted by Crippen LogP contribution is 2.38. The number of halogens is 1. The highest BCUT2D eigenvalue weighted by atomic mass is 35.5. The van der Waals surface area contributed by atoms with Gasteiger partial charge in [-0.2, -0.15) is 4.99 Å². The molecule has 1 unspecified atom stereocenters. The lowest BCUT2D eigenvalue weighted by atomic mass is 9.92. The van der Waals surface area contributed by atoms with Crippen LogP contribution in [0.5, 0.6) is 0 Å². The maximum atomic E-state index is 10.5. The first-order valence-electron chi connectivity index (χ1n) is 5.63. The minimum atomic E-state index is -0.0303. The van der Waals surface area contributed by atoms with E-state index in [9.17, 15) is 4.79 Å². The van der Waals surface area contributed by atoms with Crippen molar-refractivity contribution in [3.63, 3.8) is 0 Å². The molecule has 16 heavy (non-hydrogen) atoms. The number of nitrogens with zero attached hydrogens (tertiary/aromatic N) is 1. The number of benzene rings is 1. The maximum Gasteiger partial charge on any atom is 0.235 e. The van der Waals surface area contributed by atoms with Crippen molar-refractivity contribution in [1.29, 1.82) is 0 Å². The van der Waals surface area contributed by atoms with E-state index < -0.39 is 0 Å². The van der Waals surface area contributed by atoms with Crippen LogP contribution < -0.4 is 0 Å². The van der Waals surface area contributed by atoms with E-state index in [4.69, 9.17) is 11.6 Å². The standard InChI is InChI=1S/C13H14ClNO/c14-12-7-5-11(6-8-12)13(15-9-16)10-3-1-2-4-10/h5-8,10,13H,1-4H2. The van der Waals surface area contributed by atoms with Crippen LogP contribution in [0.1, 0.15) is 37.3 Å². The summed E-state index contributed by atoms with van der Waals surface area (Å²) in [5, 5.41) is 0.712. The molecule has 1 aromatic carbocycles. The van der Waals surface area contributed by atoms with Gasteiger partial charge in [-0.15, -0.1) is 0 Å². The maximum absolute atomic E-state index is 10.5. The molecular weight excluding hydrogens is 222 g/mol. The molecule has 0 bridgehead atoms. The van der Waals surface area contributed by atoms with Crippen LogP contribution in [0.3, 0.4) is 0 Å². The molecule has 1 saturated carbocycles. The third-order valence-corrected chi connectivity index (χ3v) is 3.50. The lowest BCUT2D eigenvalue weighted by molar-refractivity contribution is 0.442. The molecule has 1 atom stereocenters. The van der Waals surface area contributed by atoms with E-state index in [2.05, 4.69) is 4.99 Å². The van der Waals surface area contributed by atoms with E-state index in [0.29, 0.717) is 10.9 Å². The van der Waals surface area contributed by atoms with Gasteiger partial charge in [-0.1, -0.05) is 36.6 Å². The van der Waals surface area contributed by atoms with Gasteiger partial charge in [0, 0.05) is 5.02 Å². The Balaban J connectivity index is 2.24. The first kappa shape index (κ1) is 11.4. The monoisotopic (exact) mass is 235 g/mol. The lowest BCUT2D eigenvalue weighted by Gasteiger charge is -2.18. The zero-order chi connectivity index (χ0) is 11.4. The van der Waals surface area contributed by atoms with Gasteiger partial charge in [0.15, 0.2) is 0 Å². The molecule has 2 nitrogen and oxygen atoms in total. The molecule has 0 aliphatic heterocycles. The van der Waals surface area contributed by atoms with Crippen LogP contribution in [0.2, 0.25) is 5.02 Å². The first-order chi connectivity index (χ1) is 7.81. The molecule has 3 heteroatoms. The van der Waals surface area contributed by atoms with Crippen LogP contribution in [0, 0.1) is 5.92 Å². The average Bonchev–Trinajstić information content (AvgIpc) is 2.81. The number of carbonyl (C=O) groups excluding carboxylic acids is 1. The van der Waals surface area contributed by atoms with Crippen LogP contribution in [0.15, 0.2) is 29.3 Å². The number of hydrogen-bond acceptors (Lipinski definition) is 2. The Morgan fingerprint density at radius 2 is 1.88 bits per heavy atom. The van der Waals surface area contributed by atoms with E-state index in [1.807, 2.05) is 24.3 Å². The van der Waals surface area contributed by atoms with Crippen LogP contribution >= 0.6 is 11.6 Å². The van der Waals surface area contributed by atoms with Crippen molar-refractivity contribution in [3.8, 4) is 0 Å². The molecule has 0 spiro atoms. The Morgan fingerprint density at radius 3 is 2.44 bits per heavy atom. The summed E-state index contributed by atoms with van der Waals surface area (Å²) >= 11 is 5.85. The minimum absolute atomic E-state index is 0.0303. The molecular formula is C13H14ClNO. The van der Waals surface area contributed by atoms with Crippen molar-refractivity contribution >= 4 is 17.7 Å². The van der Waals surface area contributed by atoms with Gasteiger partial charge in [-0.25, -0.2) is 4.79 Å². The quantitative estimate of drug-likeness (QED) is 0.577. The molecule has 0 N–H and O–H groups in total. The summed E-state index contributed by atoms with van der Waals surface area (Å²) in [6.45, 7) is 0. The van der Waals surface area contributed by atoms with E-state index in [1.165, 1.54) is 12.8 Å². The van der Waals surface area contributed by atoms with Crippen molar-refractivity contribution in [1.82, 2.24) is 0 Å². The zero-order valence-electron chi connectivity index (χ0n) is 9.03. The summed E-state index contributed by atoms with van der Waals surface area (Å²) in [4.78, 5) is 14.5. The summed E-state index contributed by atoms with van der Waals surface area (Å²) in [6, 6.07) is 7.56. The molecule has 0 radical (unpaired) electrons. The second-order valence-electron chi connectivity index (χ2n) is 4.26. The molecule has 0 aromatic heterocycles. The van der Waals surface area contributed by atoms with Gasteiger partial charge in [-0.3, -0.25) is 0 Å². The fraction of sp³-hybridized carbons (Fsp3) is 0.462. The average molecular weight is 236 g/mol. The minimum Gasteiger partial charge on any atom is -0.211 e. The Labute approximate surface area is 100 Å². The number of hydrogen-bond donors (Lipinski definition) is 0.